The Balaban J connectivity index is 1.86. The van der Waals surface area contributed by atoms with Crippen LogP contribution in [-0.4, -0.2) is 66.6 Å². The van der Waals surface area contributed by atoms with Crippen LogP contribution in [0.2, 0.25) is 13.1 Å². The van der Waals surface area contributed by atoms with E-state index in [0.717, 1.165) is 35.2 Å². The van der Waals surface area contributed by atoms with Crippen LogP contribution in [0, 0.1) is 11.3 Å². The highest BCUT2D eigenvalue weighted by atomic mass is 28.2. The van der Waals surface area contributed by atoms with Gasteiger partial charge in [0.1, 0.15) is 18.6 Å². The number of rotatable bonds is 11. The van der Waals surface area contributed by atoms with Crippen molar-refractivity contribution in [2.75, 3.05) is 19.8 Å². The molecule has 0 bridgehead atoms. The van der Waals surface area contributed by atoms with Gasteiger partial charge in [-0.15, -0.1) is 0 Å². The molecule has 0 saturated carbocycles. The van der Waals surface area contributed by atoms with Gasteiger partial charge in [-0.3, -0.25) is 4.68 Å². The zero-order chi connectivity index (χ0) is 21.7. The van der Waals surface area contributed by atoms with Crippen LogP contribution >= 0.6 is 0 Å². The number of nitrogens with zero attached hydrogens (tertiary/aromatic N) is 2. The molecular weight excluding hydrogens is 416 g/mol. The monoisotopic (exact) mass is 448 g/mol. The van der Waals surface area contributed by atoms with Crippen LogP contribution in [0.15, 0.2) is 18.3 Å². The molecule has 0 fully saturated rings. The van der Waals surface area contributed by atoms with Crippen LogP contribution in [0.4, 0.5) is 0 Å². The van der Waals surface area contributed by atoms with Crippen molar-refractivity contribution in [1.82, 2.24) is 9.78 Å². The summed E-state index contributed by atoms with van der Waals surface area (Å²) in [5.41, 5.74) is 2.04. The Morgan fingerprint density at radius 2 is 2.03 bits per heavy atom. The van der Waals surface area contributed by atoms with Crippen molar-refractivity contribution in [1.29, 1.82) is 0 Å². The SMILES string of the molecule is C[Si]OC(O[Si]C)C(C)(C)[C@@H](C)Cn1ncc2ccc3c(c21)C[C@@H](OCCO)CO3. The third-order valence-electron chi connectivity index (χ3n) is 5.94. The van der Waals surface area contributed by atoms with E-state index >= 15 is 0 Å². The molecule has 1 aliphatic rings. The summed E-state index contributed by atoms with van der Waals surface area (Å²) in [5.74, 6) is 1.16. The molecule has 7 nitrogen and oxygen atoms in total. The number of aliphatic hydroxyl groups excluding tert-OH is 1. The fraction of sp³-hybridized carbons (Fsp3) is 0.667. The molecule has 4 radical (unpaired) electrons. The van der Waals surface area contributed by atoms with Gasteiger partial charge in [-0.1, -0.05) is 20.8 Å². The molecule has 2 atom stereocenters. The molecule has 0 aliphatic carbocycles. The molecule has 2 heterocycles. The highest BCUT2D eigenvalue weighted by Gasteiger charge is 2.37. The summed E-state index contributed by atoms with van der Waals surface area (Å²) < 4.78 is 25.7. The maximum atomic E-state index is 9.07. The van der Waals surface area contributed by atoms with Crippen LogP contribution in [0.1, 0.15) is 26.3 Å². The fourth-order valence-electron chi connectivity index (χ4n) is 3.77. The average molecular weight is 449 g/mol. The molecule has 0 unspecified atom stereocenters. The van der Waals surface area contributed by atoms with Crippen molar-refractivity contribution >= 4 is 30.4 Å². The molecule has 0 spiro atoms. The Hall–Kier alpha value is -1.24. The lowest BCUT2D eigenvalue weighted by molar-refractivity contribution is -0.104. The number of benzene rings is 1. The first-order valence-electron chi connectivity index (χ1n) is 10.4. The zero-order valence-electron chi connectivity index (χ0n) is 18.5. The number of ether oxygens (including phenoxy) is 2. The first kappa shape index (κ1) is 23.4. The Labute approximate surface area is 183 Å². The first-order valence-corrected chi connectivity index (χ1v) is 13.2. The average Bonchev–Trinajstić information content (AvgIpc) is 3.15. The van der Waals surface area contributed by atoms with Gasteiger partial charge >= 0.3 is 0 Å². The smallest absolute Gasteiger partial charge is 0.229 e. The van der Waals surface area contributed by atoms with Crippen LogP contribution in [0.5, 0.6) is 5.75 Å². The van der Waals surface area contributed by atoms with Gasteiger partial charge in [0.2, 0.25) is 19.5 Å². The standard InChI is InChI=1S/C21H32N2O5Si2/c1-14(21(2,3)20(27-29-4)28-30-5)12-23-19-15(11-22-23)6-7-18-17(19)10-16(13-26-18)25-9-8-24/h6-7,11,14,16,20,24H,8-10,12-13H2,1-5H3/t14-,16+/m0/s1. The molecule has 0 saturated heterocycles. The van der Waals surface area contributed by atoms with E-state index in [9.17, 15) is 0 Å². The lowest BCUT2D eigenvalue weighted by Crippen LogP contribution is -2.42. The quantitative estimate of drug-likeness (QED) is 0.421. The predicted octanol–water partition coefficient (Wildman–Crippen LogP) is 2.70. The Morgan fingerprint density at radius 3 is 2.70 bits per heavy atom. The summed E-state index contributed by atoms with van der Waals surface area (Å²) in [6.45, 7) is 12.3. The second-order valence-electron chi connectivity index (χ2n) is 8.24. The number of hydrogen-bond donors (Lipinski definition) is 1. The lowest BCUT2D eigenvalue weighted by atomic mass is 9.79. The second-order valence-corrected chi connectivity index (χ2v) is 9.52. The third kappa shape index (κ3) is 4.97. The first-order chi connectivity index (χ1) is 14.4. The highest BCUT2D eigenvalue weighted by Crippen LogP contribution is 2.37. The second kappa shape index (κ2) is 10.4. The van der Waals surface area contributed by atoms with Gasteiger partial charge in [0, 0.05) is 29.3 Å². The van der Waals surface area contributed by atoms with Crippen molar-refractivity contribution in [2.45, 2.75) is 59.2 Å². The molecule has 1 aromatic carbocycles. The van der Waals surface area contributed by atoms with Gasteiger partial charge in [0.05, 0.1) is 31.0 Å². The van der Waals surface area contributed by atoms with E-state index in [1.165, 1.54) is 0 Å². The molecule has 1 aliphatic heterocycles. The molecular formula is C21H32N2O5Si2. The van der Waals surface area contributed by atoms with Crippen LogP contribution in [0.3, 0.4) is 0 Å². The van der Waals surface area contributed by atoms with Crippen molar-refractivity contribution in [3.05, 3.63) is 23.9 Å². The number of aromatic nitrogens is 2. The van der Waals surface area contributed by atoms with Crippen LogP contribution < -0.4 is 4.74 Å². The summed E-state index contributed by atoms with van der Waals surface area (Å²) in [6, 6.07) is 4.08. The van der Waals surface area contributed by atoms with Gasteiger partial charge in [0.15, 0.2) is 0 Å². The van der Waals surface area contributed by atoms with Gasteiger partial charge in [-0.2, -0.15) is 5.10 Å². The van der Waals surface area contributed by atoms with Gasteiger partial charge in [-0.05, 0) is 31.1 Å². The zero-order valence-corrected chi connectivity index (χ0v) is 20.5. The van der Waals surface area contributed by atoms with Crippen molar-refractivity contribution in [3.63, 3.8) is 0 Å². The summed E-state index contributed by atoms with van der Waals surface area (Å²) in [4.78, 5) is 0. The molecule has 30 heavy (non-hydrogen) atoms. The summed E-state index contributed by atoms with van der Waals surface area (Å²) in [7, 11) is 0.764. The van der Waals surface area contributed by atoms with Gasteiger partial charge in [-0.25, -0.2) is 0 Å². The summed E-state index contributed by atoms with van der Waals surface area (Å²) in [5, 5.41) is 14.9. The van der Waals surface area contributed by atoms with E-state index < -0.39 is 0 Å². The number of hydrogen-bond acceptors (Lipinski definition) is 6. The summed E-state index contributed by atoms with van der Waals surface area (Å²) >= 11 is 0. The highest BCUT2D eigenvalue weighted by molar-refractivity contribution is 6.26. The largest absolute Gasteiger partial charge is 0.491 e. The van der Waals surface area contributed by atoms with E-state index in [-0.39, 0.29) is 30.3 Å². The third-order valence-corrected chi connectivity index (χ3v) is 6.84. The van der Waals surface area contributed by atoms with E-state index in [0.29, 0.717) is 32.7 Å². The maximum Gasteiger partial charge on any atom is 0.229 e. The Kier molecular flexibility index (Phi) is 8.11. The predicted molar refractivity (Wildman–Crippen MR) is 118 cm³/mol. The molecule has 2 aromatic rings. The number of aliphatic hydroxyl groups is 1. The van der Waals surface area contributed by atoms with E-state index in [1.807, 2.05) is 25.4 Å². The van der Waals surface area contributed by atoms with Crippen LogP contribution in [0.25, 0.3) is 10.9 Å². The molecule has 1 aromatic heterocycles. The minimum atomic E-state index is -0.241. The minimum Gasteiger partial charge on any atom is -0.491 e. The summed E-state index contributed by atoms with van der Waals surface area (Å²) in [6.07, 6.45) is 2.36. The van der Waals surface area contributed by atoms with Gasteiger partial charge in [0.25, 0.3) is 0 Å². The minimum absolute atomic E-state index is 0.0139. The van der Waals surface area contributed by atoms with Crippen molar-refractivity contribution < 1.29 is 23.4 Å². The lowest BCUT2D eigenvalue weighted by Gasteiger charge is -2.39. The van der Waals surface area contributed by atoms with Crippen molar-refractivity contribution in [2.24, 2.45) is 11.3 Å². The number of fused-ring (bicyclic) bond motifs is 3. The van der Waals surface area contributed by atoms with E-state index in [4.69, 9.17) is 28.5 Å². The van der Waals surface area contributed by atoms with Gasteiger partial charge < -0.3 is 23.4 Å². The van der Waals surface area contributed by atoms with E-state index in [2.05, 4.69) is 31.5 Å². The van der Waals surface area contributed by atoms with E-state index in [1.54, 1.807) is 0 Å². The molecule has 1 N–H and O–H groups in total. The Bertz CT molecular complexity index is 823. The maximum absolute atomic E-state index is 9.07. The van der Waals surface area contributed by atoms with Crippen LogP contribution in [-0.2, 0) is 26.6 Å². The molecule has 164 valence electrons. The topological polar surface area (TPSA) is 75.0 Å². The van der Waals surface area contributed by atoms with Crippen molar-refractivity contribution in [3.8, 4) is 5.75 Å². The Morgan fingerprint density at radius 1 is 1.30 bits per heavy atom. The molecule has 3 rings (SSSR count). The fourth-order valence-corrected chi connectivity index (χ4v) is 5.00. The normalized spacial score (nSPS) is 17.9. The molecule has 9 heteroatoms. The molecule has 0 amide bonds.